The Morgan fingerprint density at radius 1 is 1.45 bits per heavy atom. The molecule has 0 aromatic rings. The first-order valence-corrected chi connectivity index (χ1v) is 5.49. The average molecular weight is 197 g/mol. The Kier molecular flexibility index (Phi) is 7.66. The quantitative estimate of drug-likeness (QED) is 0.605. The van der Waals surface area contributed by atoms with Gasteiger partial charge < -0.3 is 4.74 Å². The van der Waals surface area contributed by atoms with Crippen molar-refractivity contribution in [2.75, 3.05) is 18.7 Å². The van der Waals surface area contributed by atoms with Crippen LogP contribution in [0.4, 0.5) is 0 Å². The number of hydrogen-bond acceptors (Lipinski definition) is 2. The fourth-order valence-corrected chi connectivity index (χ4v) is 2.08. The Bertz CT molecular complexity index is 90.2. The second-order valence-corrected chi connectivity index (χ2v) is 4.52. The maximum Gasteiger partial charge on any atom is 0.0633 e. The molecule has 3 heteroatoms. The Morgan fingerprint density at radius 3 is 2.55 bits per heavy atom. The average Bonchev–Trinajstić information content (AvgIpc) is 2.01. The molecule has 0 amide bonds. The summed E-state index contributed by atoms with van der Waals surface area (Å²) in [6.07, 6.45) is 1.45. The number of ether oxygens (including phenoxy) is 1. The SMILES string of the molecule is COC(C)CSC(C)CCCl. The maximum atomic E-state index is 5.60. The summed E-state index contributed by atoms with van der Waals surface area (Å²) >= 11 is 7.53. The van der Waals surface area contributed by atoms with Gasteiger partial charge in [0.1, 0.15) is 0 Å². The van der Waals surface area contributed by atoms with E-state index in [0.717, 1.165) is 18.1 Å². The summed E-state index contributed by atoms with van der Waals surface area (Å²) in [6.45, 7) is 4.29. The minimum absolute atomic E-state index is 0.359. The van der Waals surface area contributed by atoms with Gasteiger partial charge in [-0.3, -0.25) is 0 Å². The van der Waals surface area contributed by atoms with Gasteiger partial charge in [-0.05, 0) is 13.3 Å². The van der Waals surface area contributed by atoms with E-state index in [-0.39, 0.29) is 0 Å². The normalized spacial score (nSPS) is 16.4. The van der Waals surface area contributed by atoms with Crippen LogP contribution in [0.25, 0.3) is 0 Å². The van der Waals surface area contributed by atoms with E-state index in [1.165, 1.54) is 0 Å². The van der Waals surface area contributed by atoms with Gasteiger partial charge in [0.15, 0.2) is 0 Å². The zero-order valence-electron chi connectivity index (χ0n) is 7.47. The van der Waals surface area contributed by atoms with Gasteiger partial charge in [0, 0.05) is 24.0 Å². The third kappa shape index (κ3) is 6.98. The molecular weight excluding hydrogens is 180 g/mol. The number of methoxy groups -OCH3 is 1. The molecule has 0 spiro atoms. The number of hydrogen-bond donors (Lipinski definition) is 0. The molecule has 68 valence electrons. The molecule has 0 aromatic carbocycles. The van der Waals surface area contributed by atoms with Crippen LogP contribution in [0.15, 0.2) is 0 Å². The third-order valence-electron chi connectivity index (χ3n) is 1.53. The van der Waals surface area contributed by atoms with Gasteiger partial charge in [-0.15, -0.1) is 11.6 Å². The van der Waals surface area contributed by atoms with Gasteiger partial charge >= 0.3 is 0 Å². The monoisotopic (exact) mass is 196 g/mol. The Balaban J connectivity index is 3.22. The van der Waals surface area contributed by atoms with E-state index in [0.29, 0.717) is 11.4 Å². The summed E-state index contributed by atoms with van der Waals surface area (Å²) < 4.78 is 5.12. The van der Waals surface area contributed by atoms with Crippen LogP contribution in [0.1, 0.15) is 20.3 Å². The van der Waals surface area contributed by atoms with Crippen LogP contribution in [-0.4, -0.2) is 30.1 Å². The molecule has 1 nitrogen and oxygen atoms in total. The van der Waals surface area contributed by atoms with E-state index < -0.39 is 0 Å². The summed E-state index contributed by atoms with van der Waals surface area (Å²) in [6, 6.07) is 0. The first-order valence-electron chi connectivity index (χ1n) is 3.91. The van der Waals surface area contributed by atoms with Crippen LogP contribution in [-0.2, 0) is 4.74 Å². The van der Waals surface area contributed by atoms with Crippen LogP contribution >= 0.6 is 23.4 Å². The highest BCUT2D eigenvalue weighted by molar-refractivity contribution is 7.99. The highest BCUT2D eigenvalue weighted by Crippen LogP contribution is 2.16. The molecule has 0 aliphatic heterocycles. The second-order valence-electron chi connectivity index (χ2n) is 2.67. The van der Waals surface area contributed by atoms with Gasteiger partial charge in [-0.2, -0.15) is 11.8 Å². The zero-order valence-corrected chi connectivity index (χ0v) is 9.04. The molecular formula is C8H17ClOS. The van der Waals surface area contributed by atoms with Gasteiger partial charge in [0.05, 0.1) is 6.10 Å². The summed E-state index contributed by atoms with van der Waals surface area (Å²) in [7, 11) is 1.75. The van der Waals surface area contributed by atoms with E-state index in [1.807, 2.05) is 11.8 Å². The molecule has 11 heavy (non-hydrogen) atoms. The lowest BCUT2D eigenvalue weighted by Gasteiger charge is -2.12. The largest absolute Gasteiger partial charge is 0.381 e. The zero-order chi connectivity index (χ0) is 8.69. The number of thioether (sulfide) groups is 1. The van der Waals surface area contributed by atoms with Crippen LogP contribution in [0.5, 0.6) is 0 Å². The minimum Gasteiger partial charge on any atom is -0.381 e. The van der Waals surface area contributed by atoms with Crippen LogP contribution in [0.2, 0.25) is 0 Å². The first kappa shape index (κ1) is 11.6. The van der Waals surface area contributed by atoms with Crippen molar-refractivity contribution in [3.05, 3.63) is 0 Å². The second kappa shape index (κ2) is 7.26. The molecule has 2 unspecified atom stereocenters. The van der Waals surface area contributed by atoms with E-state index >= 15 is 0 Å². The van der Waals surface area contributed by atoms with Crippen LogP contribution < -0.4 is 0 Å². The topological polar surface area (TPSA) is 9.23 Å². The predicted molar refractivity (Wildman–Crippen MR) is 53.7 cm³/mol. The fourth-order valence-electron chi connectivity index (χ4n) is 0.605. The molecule has 0 radical (unpaired) electrons. The van der Waals surface area contributed by atoms with Crippen molar-refractivity contribution in [3.63, 3.8) is 0 Å². The first-order chi connectivity index (χ1) is 5.20. The lowest BCUT2D eigenvalue weighted by atomic mass is 10.4. The molecule has 2 atom stereocenters. The molecule has 0 aliphatic rings. The lowest BCUT2D eigenvalue weighted by molar-refractivity contribution is 0.137. The maximum absolute atomic E-state index is 5.60. The van der Waals surface area contributed by atoms with E-state index in [4.69, 9.17) is 16.3 Å². The van der Waals surface area contributed by atoms with Crippen molar-refractivity contribution in [2.45, 2.75) is 31.6 Å². The molecule has 0 bridgehead atoms. The van der Waals surface area contributed by atoms with Gasteiger partial charge in [-0.1, -0.05) is 6.92 Å². The van der Waals surface area contributed by atoms with Gasteiger partial charge in [0.25, 0.3) is 0 Å². The molecule has 0 saturated heterocycles. The molecule has 0 heterocycles. The number of halogens is 1. The third-order valence-corrected chi connectivity index (χ3v) is 3.22. The predicted octanol–water partition coefficient (Wildman–Crippen LogP) is 2.77. The van der Waals surface area contributed by atoms with Crippen LogP contribution in [0, 0.1) is 0 Å². The Labute approximate surface area is 78.8 Å². The highest BCUT2D eigenvalue weighted by atomic mass is 35.5. The number of rotatable bonds is 6. The molecule has 0 rings (SSSR count). The summed E-state index contributed by atoms with van der Waals surface area (Å²) in [5, 5.41) is 0.658. The van der Waals surface area contributed by atoms with Crippen LogP contribution in [0.3, 0.4) is 0 Å². The lowest BCUT2D eigenvalue weighted by Crippen LogP contribution is -2.10. The van der Waals surface area contributed by atoms with Gasteiger partial charge in [0.2, 0.25) is 0 Å². The molecule has 0 aliphatic carbocycles. The van der Waals surface area contributed by atoms with E-state index in [2.05, 4.69) is 13.8 Å². The summed E-state index contributed by atoms with van der Waals surface area (Å²) in [4.78, 5) is 0. The Hall–Kier alpha value is 0.600. The Morgan fingerprint density at radius 2 is 2.09 bits per heavy atom. The highest BCUT2D eigenvalue weighted by Gasteiger charge is 2.04. The van der Waals surface area contributed by atoms with Crippen molar-refractivity contribution in [3.8, 4) is 0 Å². The summed E-state index contributed by atoms with van der Waals surface area (Å²) in [5.74, 6) is 1.82. The van der Waals surface area contributed by atoms with Crippen molar-refractivity contribution < 1.29 is 4.74 Å². The van der Waals surface area contributed by atoms with Crippen molar-refractivity contribution >= 4 is 23.4 Å². The van der Waals surface area contributed by atoms with Crippen molar-refractivity contribution in [1.29, 1.82) is 0 Å². The fraction of sp³-hybridized carbons (Fsp3) is 1.00. The van der Waals surface area contributed by atoms with Gasteiger partial charge in [-0.25, -0.2) is 0 Å². The molecule has 0 saturated carbocycles. The smallest absolute Gasteiger partial charge is 0.0633 e. The summed E-state index contributed by atoms with van der Waals surface area (Å²) in [5.41, 5.74) is 0. The molecule has 0 fully saturated rings. The van der Waals surface area contributed by atoms with E-state index in [1.54, 1.807) is 7.11 Å². The minimum atomic E-state index is 0.359. The standard InChI is InChI=1S/C8H17ClOS/c1-7(10-3)6-11-8(2)4-5-9/h7-8H,4-6H2,1-3H3. The molecule has 0 aromatic heterocycles. The van der Waals surface area contributed by atoms with E-state index in [9.17, 15) is 0 Å². The van der Waals surface area contributed by atoms with Crippen molar-refractivity contribution in [1.82, 2.24) is 0 Å². The van der Waals surface area contributed by atoms with Crippen molar-refractivity contribution in [2.24, 2.45) is 0 Å². The number of alkyl halides is 1. The molecule has 0 N–H and O–H groups in total.